The number of carboxylic acids is 1. The number of nitrogens with zero attached hydrogens (tertiary/aromatic N) is 2. The number of hydrogen-bond acceptors (Lipinski definition) is 3. The summed E-state index contributed by atoms with van der Waals surface area (Å²) < 4.78 is 0. The predicted octanol–water partition coefficient (Wildman–Crippen LogP) is 1.04. The minimum atomic E-state index is -0.733. The van der Waals surface area contributed by atoms with E-state index in [0.717, 1.165) is 38.9 Å². The van der Waals surface area contributed by atoms with E-state index in [-0.39, 0.29) is 11.8 Å². The Hall–Kier alpha value is -1.10. The van der Waals surface area contributed by atoms with Crippen molar-refractivity contribution in [3.63, 3.8) is 0 Å². The number of carboxylic acid groups (broad SMARTS) is 1. The van der Waals surface area contributed by atoms with Gasteiger partial charge in [-0.25, -0.2) is 0 Å². The summed E-state index contributed by atoms with van der Waals surface area (Å²) >= 11 is 0. The fourth-order valence-electron chi connectivity index (χ4n) is 3.11. The van der Waals surface area contributed by atoms with Crippen LogP contribution in [0.1, 0.15) is 32.6 Å². The van der Waals surface area contributed by atoms with Crippen LogP contribution in [0.25, 0.3) is 0 Å². The number of amides is 1. The van der Waals surface area contributed by atoms with Gasteiger partial charge in [-0.1, -0.05) is 6.92 Å². The molecule has 2 heterocycles. The summed E-state index contributed by atoms with van der Waals surface area (Å²) in [6, 6.07) is 0. The van der Waals surface area contributed by atoms with Gasteiger partial charge in [-0.15, -0.1) is 0 Å². The maximum atomic E-state index is 12.2. The quantitative estimate of drug-likeness (QED) is 0.831. The van der Waals surface area contributed by atoms with Gasteiger partial charge in [-0.05, 0) is 38.1 Å². The highest BCUT2D eigenvalue weighted by molar-refractivity contribution is 5.78. The molecule has 0 bridgehead atoms. The van der Waals surface area contributed by atoms with E-state index in [1.54, 1.807) is 0 Å². The molecule has 0 radical (unpaired) electrons. The summed E-state index contributed by atoms with van der Waals surface area (Å²) in [6.45, 7) is 5.65. The van der Waals surface area contributed by atoms with Crippen molar-refractivity contribution in [2.75, 3.05) is 32.7 Å². The molecular formula is C14H24N2O3. The van der Waals surface area contributed by atoms with E-state index in [2.05, 4.69) is 6.92 Å². The zero-order valence-electron chi connectivity index (χ0n) is 11.7. The standard InChI is InChI=1S/C14H24N2O3/c1-11-4-2-7-16(8-11)13(17)10-15-6-3-5-12(9-15)14(18)19/h11-12H,2-10H2,1H3,(H,18,19). The molecule has 0 aliphatic carbocycles. The Morgan fingerprint density at radius 1 is 1.16 bits per heavy atom. The first-order chi connectivity index (χ1) is 9.06. The van der Waals surface area contributed by atoms with Crippen LogP contribution in [0.3, 0.4) is 0 Å². The maximum absolute atomic E-state index is 12.2. The predicted molar refractivity (Wildman–Crippen MR) is 71.8 cm³/mol. The van der Waals surface area contributed by atoms with E-state index < -0.39 is 5.97 Å². The lowest BCUT2D eigenvalue weighted by atomic mass is 9.98. The van der Waals surface area contributed by atoms with Crippen LogP contribution < -0.4 is 0 Å². The first kappa shape index (κ1) is 14.3. The van der Waals surface area contributed by atoms with Crippen LogP contribution in [-0.2, 0) is 9.59 Å². The van der Waals surface area contributed by atoms with Crippen LogP contribution >= 0.6 is 0 Å². The van der Waals surface area contributed by atoms with Gasteiger partial charge < -0.3 is 10.0 Å². The fourth-order valence-corrected chi connectivity index (χ4v) is 3.11. The van der Waals surface area contributed by atoms with Crippen molar-refractivity contribution in [3.8, 4) is 0 Å². The van der Waals surface area contributed by atoms with E-state index in [1.165, 1.54) is 6.42 Å². The van der Waals surface area contributed by atoms with Crippen LogP contribution in [0.15, 0.2) is 0 Å². The van der Waals surface area contributed by atoms with Crippen LogP contribution in [0, 0.1) is 11.8 Å². The topological polar surface area (TPSA) is 60.9 Å². The molecule has 0 spiro atoms. The largest absolute Gasteiger partial charge is 0.481 e. The van der Waals surface area contributed by atoms with Gasteiger partial charge in [0.2, 0.25) is 5.91 Å². The lowest BCUT2D eigenvalue weighted by Gasteiger charge is -2.35. The first-order valence-electron chi connectivity index (χ1n) is 7.29. The Kier molecular flexibility index (Phi) is 4.80. The molecule has 5 nitrogen and oxygen atoms in total. The van der Waals surface area contributed by atoms with E-state index in [9.17, 15) is 9.59 Å². The van der Waals surface area contributed by atoms with Crippen molar-refractivity contribution in [1.82, 2.24) is 9.80 Å². The fraction of sp³-hybridized carbons (Fsp3) is 0.857. The Morgan fingerprint density at radius 2 is 1.89 bits per heavy atom. The average molecular weight is 268 g/mol. The van der Waals surface area contributed by atoms with Gasteiger partial charge in [-0.3, -0.25) is 14.5 Å². The second-order valence-corrected chi connectivity index (χ2v) is 6.00. The summed E-state index contributed by atoms with van der Waals surface area (Å²) in [7, 11) is 0. The molecule has 0 saturated carbocycles. The van der Waals surface area contributed by atoms with Crippen LogP contribution in [-0.4, -0.2) is 59.5 Å². The highest BCUT2D eigenvalue weighted by atomic mass is 16.4. The molecule has 2 atom stereocenters. The molecule has 5 heteroatoms. The molecule has 2 fully saturated rings. The second-order valence-electron chi connectivity index (χ2n) is 6.00. The van der Waals surface area contributed by atoms with Crippen LogP contribution in [0.2, 0.25) is 0 Å². The highest BCUT2D eigenvalue weighted by Gasteiger charge is 2.28. The molecule has 1 amide bonds. The minimum absolute atomic E-state index is 0.164. The summed E-state index contributed by atoms with van der Waals surface area (Å²) in [6.07, 6.45) is 3.90. The molecule has 2 unspecified atom stereocenters. The maximum Gasteiger partial charge on any atom is 0.307 e. The van der Waals surface area contributed by atoms with Gasteiger partial charge in [0.05, 0.1) is 12.5 Å². The van der Waals surface area contributed by atoms with Gasteiger partial charge in [0.25, 0.3) is 0 Å². The van der Waals surface area contributed by atoms with Gasteiger partial charge in [0.15, 0.2) is 0 Å². The third kappa shape index (κ3) is 3.93. The highest BCUT2D eigenvalue weighted by Crippen LogP contribution is 2.18. The lowest BCUT2D eigenvalue weighted by molar-refractivity contribution is -0.145. The number of hydrogen-bond donors (Lipinski definition) is 1. The van der Waals surface area contributed by atoms with Crippen molar-refractivity contribution < 1.29 is 14.7 Å². The Balaban J connectivity index is 1.82. The molecule has 2 rings (SSSR count). The third-order valence-corrected chi connectivity index (χ3v) is 4.22. The van der Waals surface area contributed by atoms with Crippen molar-refractivity contribution in [3.05, 3.63) is 0 Å². The summed E-state index contributed by atoms with van der Waals surface area (Å²) in [4.78, 5) is 27.2. The number of carbonyl (C=O) groups excluding carboxylic acids is 1. The molecule has 2 aliphatic rings. The average Bonchev–Trinajstić information content (AvgIpc) is 2.39. The van der Waals surface area contributed by atoms with Gasteiger partial charge in [0, 0.05) is 19.6 Å². The molecule has 0 aromatic rings. The van der Waals surface area contributed by atoms with Crippen molar-refractivity contribution in [2.24, 2.45) is 11.8 Å². The molecule has 0 aromatic carbocycles. The van der Waals surface area contributed by atoms with Crippen LogP contribution in [0.4, 0.5) is 0 Å². The molecule has 19 heavy (non-hydrogen) atoms. The third-order valence-electron chi connectivity index (χ3n) is 4.22. The van der Waals surface area contributed by atoms with E-state index >= 15 is 0 Å². The molecular weight excluding hydrogens is 244 g/mol. The smallest absolute Gasteiger partial charge is 0.307 e. The van der Waals surface area contributed by atoms with Crippen molar-refractivity contribution in [2.45, 2.75) is 32.6 Å². The van der Waals surface area contributed by atoms with Gasteiger partial charge in [0.1, 0.15) is 0 Å². The lowest BCUT2D eigenvalue weighted by Crippen LogP contribution is -2.47. The Morgan fingerprint density at radius 3 is 2.58 bits per heavy atom. The van der Waals surface area contributed by atoms with E-state index in [1.807, 2.05) is 9.80 Å². The number of rotatable bonds is 3. The molecule has 1 N–H and O–H groups in total. The molecule has 108 valence electrons. The zero-order chi connectivity index (χ0) is 13.8. The molecule has 2 aliphatic heterocycles. The van der Waals surface area contributed by atoms with Gasteiger partial charge >= 0.3 is 5.97 Å². The number of likely N-dealkylation sites (tertiary alicyclic amines) is 2. The van der Waals surface area contributed by atoms with Crippen molar-refractivity contribution >= 4 is 11.9 Å². The normalized spacial score (nSPS) is 29.2. The van der Waals surface area contributed by atoms with E-state index in [4.69, 9.17) is 5.11 Å². The number of aliphatic carboxylic acids is 1. The molecule has 0 aromatic heterocycles. The summed E-state index contributed by atoms with van der Waals surface area (Å²) in [5.74, 6) is -0.283. The monoisotopic (exact) mass is 268 g/mol. The second kappa shape index (κ2) is 6.37. The minimum Gasteiger partial charge on any atom is -0.481 e. The van der Waals surface area contributed by atoms with Gasteiger partial charge in [-0.2, -0.15) is 0 Å². The number of carbonyl (C=O) groups is 2. The Labute approximate surface area is 114 Å². The summed E-state index contributed by atoms with van der Waals surface area (Å²) in [5, 5.41) is 9.05. The zero-order valence-corrected chi connectivity index (χ0v) is 11.7. The Bertz CT molecular complexity index is 346. The first-order valence-corrected chi connectivity index (χ1v) is 7.29. The van der Waals surface area contributed by atoms with E-state index in [0.29, 0.717) is 19.0 Å². The SMILES string of the molecule is CC1CCCN(C(=O)CN2CCCC(C(=O)O)C2)C1. The van der Waals surface area contributed by atoms with Crippen molar-refractivity contribution in [1.29, 1.82) is 0 Å². The summed E-state index contributed by atoms with van der Waals surface area (Å²) in [5.41, 5.74) is 0. The number of piperidine rings is 2. The molecule has 2 saturated heterocycles. The van der Waals surface area contributed by atoms with Crippen LogP contribution in [0.5, 0.6) is 0 Å².